The fourth-order valence-corrected chi connectivity index (χ4v) is 2.67. The van der Waals surface area contributed by atoms with Gasteiger partial charge in [0, 0.05) is 19.5 Å². The lowest BCUT2D eigenvalue weighted by atomic mass is 10.2. The quantitative estimate of drug-likeness (QED) is 0.693. The van der Waals surface area contributed by atoms with Gasteiger partial charge in [0.05, 0.1) is 11.8 Å². The molecule has 3 nitrogen and oxygen atoms in total. The Labute approximate surface area is 102 Å². The highest BCUT2D eigenvalue weighted by Crippen LogP contribution is 2.12. The molecule has 0 aromatic heterocycles. The number of hydrogen-bond donors (Lipinski definition) is 0. The third kappa shape index (κ3) is 5.41. The zero-order valence-corrected chi connectivity index (χ0v) is 10.6. The smallest absolute Gasteiger partial charge is 0.232 e. The maximum atomic E-state index is 11.8. The number of amides is 1. The summed E-state index contributed by atoms with van der Waals surface area (Å²) in [7, 11) is 0. The largest absolute Gasteiger partial charge is 0.342 e. The lowest BCUT2D eigenvalue weighted by Gasteiger charge is -2.19. The molecule has 1 saturated heterocycles. The monoisotopic (exact) mass is 240 g/mol. The van der Waals surface area contributed by atoms with Crippen LogP contribution in [-0.4, -0.2) is 35.4 Å². The highest BCUT2D eigenvalue weighted by molar-refractivity contribution is 7.99. The zero-order valence-electron chi connectivity index (χ0n) is 9.78. The van der Waals surface area contributed by atoms with E-state index in [0.717, 1.165) is 38.1 Å². The summed E-state index contributed by atoms with van der Waals surface area (Å²) in [6, 6.07) is 2.12. The zero-order chi connectivity index (χ0) is 11.6. The molecule has 0 aromatic carbocycles. The highest BCUT2D eigenvalue weighted by atomic mass is 32.2. The third-order valence-corrected chi connectivity index (χ3v) is 3.79. The van der Waals surface area contributed by atoms with Crippen molar-refractivity contribution in [1.29, 1.82) is 5.26 Å². The predicted molar refractivity (Wildman–Crippen MR) is 67.2 cm³/mol. The first-order chi connectivity index (χ1) is 7.84. The van der Waals surface area contributed by atoms with Crippen molar-refractivity contribution in [3.05, 3.63) is 0 Å². The second-order valence-electron chi connectivity index (χ2n) is 4.11. The number of carbonyl (C=O) groups excluding carboxylic acids is 1. The number of nitriles is 1. The van der Waals surface area contributed by atoms with Crippen molar-refractivity contribution in [2.24, 2.45) is 0 Å². The summed E-state index contributed by atoms with van der Waals surface area (Å²) >= 11 is 1.66. The topological polar surface area (TPSA) is 44.1 Å². The Balaban J connectivity index is 2.11. The van der Waals surface area contributed by atoms with E-state index < -0.39 is 0 Å². The number of nitrogens with zero attached hydrogens (tertiary/aromatic N) is 2. The number of unbranched alkanes of at least 4 members (excludes halogenated alkanes) is 1. The maximum absolute atomic E-state index is 11.8. The van der Waals surface area contributed by atoms with Crippen LogP contribution in [0.5, 0.6) is 0 Å². The van der Waals surface area contributed by atoms with Crippen LogP contribution in [-0.2, 0) is 4.79 Å². The SMILES string of the molecule is N#CCCCSCC(=O)N1CCCCCC1. The van der Waals surface area contributed by atoms with Crippen LogP contribution in [0.3, 0.4) is 0 Å². The number of thioether (sulfide) groups is 1. The summed E-state index contributed by atoms with van der Waals surface area (Å²) in [4.78, 5) is 13.8. The molecular formula is C12H20N2OS. The maximum Gasteiger partial charge on any atom is 0.232 e. The highest BCUT2D eigenvalue weighted by Gasteiger charge is 2.14. The molecule has 0 aliphatic carbocycles. The van der Waals surface area contributed by atoms with Crippen LogP contribution in [0.2, 0.25) is 0 Å². The minimum absolute atomic E-state index is 0.281. The molecule has 1 aliphatic heterocycles. The molecule has 1 rings (SSSR count). The van der Waals surface area contributed by atoms with E-state index in [9.17, 15) is 4.79 Å². The van der Waals surface area contributed by atoms with Crippen molar-refractivity contribution in [1.82, 2.24) is 4.90 Å². The van der Waals surface area contributed by atoms with Crippen LogP contribution in [0.1, 0.15) is 38.5 Å². The molecule has 0 aromatic rings. The lowest BCUT2D eigenvalue weighted by Crippen LogP contribution is -2.33. The average Bonchev–Trinajstić information content (AvgIpc) is 2.57. The Morgan fingerprint density at radius 2 is 1.94 bits per heavy atom. The van der Waals surface area contributed by atoms with E-state index in [1.807, 2.05) is 4.90 Å². The van der Waals surface area contributed by atoms with Gasteiger partial charge in [-0.2, -0.15) is 17.0 Å². The molecular weight excluding hydrogens is 220 g/mol. The Morgan fingerprint density at radius 3 is 2.56 bits per heavy atom. The van der Waals surface area contributed by atoms with Gasteiger partial charge in [-0.1, -0.05) is 12.8 Å². The summed E-state index contributed by atoms with van der Waals surface area (Å²) in [5.41, 5.74) is 0. The van der Waals surface area contributed by atoms with Crippen LogP contribution >= 0.6 is 11.8 Å². The van der Waals surface area contributed by atoms with Gasteiger partial charge in [0.25, 0.3) is 0 Å². The third-order valence-electron chi connectivity index (χ3n) is 2.76. The second kappa shape index (κ2) is 8.46. The summed E-state index contributed by atoms with van der Waals surface area (Å²) in [6.45, 7) is 1.88. The minimum Gasteiger partial charge on any atom is -0.342 e. The average molecular weight is 240 g/mol. The Bertz CT molecular complexity index is 242. The Kier molecular flexibility index (Phi) is 7.07. The van der Waals surface area contributed by atoms with Crippen molar-refractivity contribution in [3.63, 3.8) is 0 Å². The molecule has 1 heterocycles. The van der Waals surface area contributed by atoms with E-state index in [1.165, 1.54) is 12.8 Å². The van der Waals surface area contributed by atoms with Crippen LogP contribution in [0, 0.1) is 11.3 Å². The van der Waals surface area contributed by atoms with Gasteiger partial charge in [0.2, 0.25) is 5.91 Å². The molecule has 16 heavy (non-hydrogen) atoms. The van der Waals surface area contributed by atoms with Crippen molar-refractivity contribution in [2.75, 3.05) is 24.6 Å². The van der Waals surface area contributed by atoms with E-state index in [2.05, 4.69) is 6.07 Å². The van der Waals surface area contributed by atoms with Crippen LogP contribution in [0.4, 0.5) is 0 Å². The molecule has 0 N–H and O–H groups in total. The van der Waals surface area contributed by atoms with Crippen LogP contribution in [0.25, 0.3) is 0 Å². The number of hydrogen-bond acceptors (Lipinski definition) is 3. The molecule has 1 aliphatic rings. The molecule has 1 fully saturated rings. The lowest BCUT2D eigenvalue weighted by molar-refractivity contribution is -0.128. The van der Waals surface area contributed by atoms with Crippen molar-refractivity contribution >= 4 is 17.7 Å². The fourth-order valence-electron chi connectivity index (χ4n) is 1.82. The molecule has 0 atom stereocenters. The van der Waals surface area contributed by atoms with Crippen LogP contribution < -0.4 is 0 Å². The number of carbonyl (C=O) groups is 1. The first-order valence-electron chi connectivity index (χ1n) is 6.07. The standard InChI is InChI=1S/C12H20N2OS/c13-7-3-6-10-16-11-12(15)14-8-4-1-2-5-9-14/h1-6,8-11H2. The van der Waals surface area contributed by atoms with Gasteiger partial charge in [-0.05, 0) is 25.0 Å². The van der Waals surface area contributed by atoms with E-state index >= 15 is 0 Å². The molecule has 0 bridgehead atoms. The van der Waals surface area contributed by atoms with Crippen molar-refractivity contribution in [2.45, 2.75) is 38.5 Å². The van der Waals surface area contributed by atoms with E-state index in [1.54, 1.807) is 11.8 Å². The van der Waals surface area contributed by atoms with Crippen LogP contribution in [0.15, 0.2) is 0 Å². The molecule has 0 spiro atoms. The van der Waals surface area contributed by atoms with Gasteiger partial charge >= 0.3 is 0 Å². The van der Waals surface area contributed by atoms with Gasteiger partial charge in [-0.15, -0.1) is 0 Å². The first kappa shape index (κ1) is 13.4. The number of rotatable bonds is 5. The molecule has 0 saturated carbocycles. The minimum atomic E-state index is 0.281. The second-order valence-corrected chi connectivity index (χ2v) is 5.21. The van der Waals surface area contributed by atoms with E-state index in [-0.39, 0.29) is 5.91 Å². The summed E-state index contributed by atoms with van der Waals surface area (Å²) in [5, 5.41) is 8.38. The molecule has 90 valence electrons. The van der Waals surface area contributed by atoms with Gasteiger partial charge in [-0.3, -0.25) is 4.79 Å². The molecule has 1 amide bonds. The first-order valence-corrected chi connectivity index (χ1v) is 7.22. The summed E-state index contributed by atoms with van der Waals surface area (Å²) < 4.78 is 0. The molecule has 0 radical (unpaired) electrons. The van der Waals surface area contributed by atoms with Gasteiger partial charge in [-0.25, -0.2) is 0 Å². The molecule has 4 heteroatoms. The Morgan fingerprint density at radius 1 is 1.25 bits per heavy atom. The van der Waals surface area contributed by atoms with Crippen molar-refractivity contribution in [3.8, 4) is 6.07 Å². The van der Waals surface area contributed by atoms with Gasteiger partial charge in [0.15, 0.2) is 0 Å². The summed E-state index contributed by atoms with van der Waals surface area (Å²) in [6.07, 6.45) is 6.34. The van der Waals surface area contributed by atoms with E-state index in [0.29, 0.717) is 12.2 Å². The van der Waals surface area contributed by atoms with Crippen molar-refractivity contribution < 1.29 is 4.79 Å². The summed E-state index contributed by atoms with van der Waals surface area (Å²) in [5.74, 6) is 1.79. The number of likely N-dealkylation sites (tertiary alicyclic amines) is 1. The van der Waals surface area contributed by atoms with Gasteiger partial charge in [0.1, 0.15) is 0 Å². The normalized spacial score (nSPS) is 16.6. The predicted octanol–water partition coefficient (Wildman–Crippen LogP) is 2.43. The van der Waals surface area contributed by atoms with Gasteiger partial charge < -0.3 is 4.90 Å². The fraction of sp³-hybridized carbons (Fsp3) is 0.833. The Hall–Kier alpha value is -0.690. The molecule has 0 unspecified atom stereocenters. The van der Waals surface area contributed by atoms with E-state index in [4.69, 9.17) is 5.26 Å².